The number of fused-ring (bicyclic) bond motifs is 6. The zero-order chi connectivity index (χ0) is 30.2. The Balaban J connectivity index is 0.00000312. The van der Waals surface area contributed by atoms with Gasteiger partial charge < -0.3 is 13.9 Å². The Morgan fingerprint density at radius 1 is 0.717 bits per heavy atom. The number of nitrogens with zero attached hydrogens (tertiary/aromatic N) is 4. The smallest absolute Gasteiger partial charge is 0.518 e. The van der Waals surface area contributed by atoms with Crippen LogP contribution in [0.3, 0.4) is 0 Å². The van der Waals surface area contributed by atoms with Gasteiger partial charge in [0.2, 0.25) is 0 Å². The van der Waals surface area contributed by atoms with Gasteiger partial charge >= 0.3 is 21.1 Å². The van der Waals surface area contributed by atoms with Crippen LogP contribution in [0.25, 0.3) is 55.1 Å². The summed E-state index contributed by atoms with van der Waals surface area (Å²) in [4.78, 5) is 9.93. The van der Waals surface area contributed by atoms with Crippen LogP contribution in [0.1, 0.15) is 47.9 Å². The molecule has 7 aromatic rings. The van der Waals surface area contributed by atoms with Crippen LogP contribution in [0.15, 0.2) is 84.0 Å². The Morgan fingerprint density at radius 3 is 2.24 bits per heavy atom. The molecule has 0 radical (unpaired) electrons. The quantitative estimate of drug-likeness (QED) is 0.167. The molecule has 1 atom stereocenters. The third-order valence-electron chi connectivity index (χ3n) is 9.83. The second-order valence-corrected chi connectivity index (χ2v) is 13.0. The first kappa shape index (κ1) is 29.2. The summed E-state index contributed by atoms with van der Waals surface area (Å²) in [7, 11) is 0. The van der Waals surface area contributed by atoms with Gasteiger partial charge in [-0.1, -0.05) is 65.9 Å². The van der Waals surface area contributed by atoms with E-state index in [9.17, 15) is 0 Å². The molecule has 46 heavy (non-hydrogen) atoms. The maximum absolute atomic E-state index is 6.23. The molecule has 0 bridgehead atoms. The first-order valence-electron chi connectivity index (χ1n) is 16.1. The van der Waals surface area contributed by atoms with Crippen LogP contribution < -0.4 is 0 Å². The van der Waals surface area contributed by atoms with E-state index in [2.05, 4.69) is 109 Å². The number of pyridine rings is 1. The van der Waals surface area contributed by atoms with E-state index in [0.717, 1.165) is 61.4 Å². The molecule has 5 nitrogen and oxygen atoms in total. The van der Waals surface area contributed by atoms with E-state index in [1.807, 2.05) is 12.3 Å². The number of ether oxygens (including phenoxy) is 1. The Labute approximate surface area is 283 Å². The third kappa shape index (κ3) is 4.62. The molecule has 4 aromatic carbocycles. The van der Waals surface area contributed by atoms with E-state index in [1.54, 1.807) is 0 Å². The number of aryl methyl sites for hydroxylation is 3. The first-order valence-corrected chi connectivity index (χ1v) is 16.1. The predicted molar refractivity (Wildman–Crippen MR) is 183 cm³/mol. The number of aliphatic imine (C=N–C) groups is 1. The summed E-state index contributed by atoms with van der Waals surface area (Å²) in [6.07, 6.45) is 7.00. The van der Waals surface area contributed by atoms with Crippen molar-refractivity contribution in [3.8, 4) is 11.4 Å². The van der Waals surface area contributed by atoms with Gasteiger partial charge in [0.25, 0.3) is 0 Å². The summed E-state index contributed by atoms with van der Waals surface area (Å²) in [6, 6.07) is 34.1. The SMILES string of the molecule is Cc1cc(C2=N[C@H](C3CCCC3)CO2)[c-]c(-n2c3[c-]c(-n4c5ccc(C)cc5c5cccnc54)ccc3c3cc(C)ccc32)c1.[Pt+2]. The average molecular weight is 782 g/mol. The summed E-state index contributed by atoms with van der Waals surface area (Å²) in [5.41, 5.74) is 10.7. The number of rotatable bonds is 4. The van der Waals surface area contributed by atoms with E-state index in [0.29, 0.717) is 12.5 Å². The Morgan fingerprint density at radius 2 is 1.46 bits per heavy atom. The van der Waals surface area contributed by atoms with Crippen LogP contribution in [0.2, 0.25) is 0 Å². The molecular weight excluding hydrogens is 748 g/mol. The minimum Gasteiger partial charge on any atom is -0.518 e. The van der Waals surface area contributed by atoms with Gasteiger partial charge in [0.1, 0.15) is 11.5 Å². The summed E-state index contributed by atoms with van der Waals surface area (Å²) >= 11 is 0. The van der Waals surface area contributed by atoms with Gasteiger partial charge in [-0.25, -0.2) is 4.98 Å². The first-order chi connectivity index (χ1) is 22.0. The molecule has 6 heteroatoms. The van der Waals surface area contributed by atoms with Crippen molar-refractivity contribution in [2.45, 2.75) is 52.5 Å². The van der Waals surface area contributed by atoms with Crippen molar-refractivity contribution in [2.75, 3.05) is 6.61 Å². The fourth-order valence-corrected chi connectivity index (χ4v) is 7.68. The number of hydrogen-bond acceptors (Lipinski definition) is 3. The molecule has 230 valence electrons. The Kier molecular flexibility index (Phi) is 7.14. The molecule has 0 amide bonds. The zero-order valence-corrected chi connectivity index (χ0v) is 28.5. The van der Waals surface area contributed by atoms with Crippen molar-refractivity contribution in [1.29, 1.82) is 0 Å². The van der Waals surface area contributed by atoms with Crippen LogP contribution in [-0.2, 0) is 25.8 Å². The number of aromatic nitrogens is 3. The molecule has 9 rings (SSSR count). The molecule has 1 aliphatic heterocycles. The predicted octanol–water partition coefficient (Wildman–Crippen LogP) is 9.13. The van der Waals surface area contributed by atoms with Gasteiger partial charge in [0.15, 0.2) is 0 Å². The van der Waals surface area contributed by atoms with Crippen molar-refractivity contribution in [1.82, 2.24) is 14.1 Å². The molecule has 2 aliphatic rings. The van der Waals surface area contributed by atoms with E-state index in [-0.39, 0.29) is 27.1 Å². The largest absolute Gasteiger partial charge is 2.00 e. The molecule has 0 spiro atoms. The summed E-state index contributed by atoms with van der Waals surface area (Å²) in [6.45, 7) is 7.11. The fraction of sp³-hybridized carbons (Fsp3) is 0.250. The van der Waals surface area contributed by atoms with Crippen molar-refractivity contribution in [2.24, 2.45) is 10.9 Å². The van der Waals surface area contributed by atoms with Gasteiger partial charge in [0, 0.05) is 22.5 Å². The van der Waals surface area contributed by atoms with Gasteiger partial charge in [0.05, 0.1) is 18.2 Å². The molecular formula is C40H34N4OPt. The summed E-state index contributed by atoms with van der Waals surface area (Å²) in [5, 5.41) is 4.71. The average Bonchev–Trinajstić information content (AvgIpc) is 3.85. The van der Waals surface area contributed by atoms with E-state index >= 15 is 0 Å². The van der Waals surface area contributed by atoms with Crippen molar-refractivity contribution in [3.63, 3.8) is 0 Å². The molecule has 0 unspecified atom stereocenters. The van der Waals surface area contributed by atoms with E-state index in [1.165, 1.54) is 47.6 Å². The Hall–Kier alpha value is -4.21. The van der Waals surface area contributed by atoms with E-state index < -0.39 is 0 Å². The molecule has 4 heterocycles. The van der Waals surface area contributed by atoms with Crippen LogP contribution in [0, 0.1) is 38.8 Å². The van der Waals surface area contributed by atoms with E-state index in [4.69, 9.17) is 14.7 Å². The van der Waals surface area contributed by atoms with Crippen LogP contribution in [-0.4, -0.2) is 32.7 Å². The van der Waals surface area contributed by atoms with Crippen LogP contribution >= 0.6 is 0 Å². The van der Waals surface area contributed by atoms with Gasteiger partial charge in [-0.15, -0.1) is 41.3 Å². The monoisotopic (exact) mass is 781 g/mol. The standard InChI is InChI=1S/C40H34N4O.Pt/c1-24-10-14-36-33(19-24)31-13-12-29(44-37-15-11-25(2)20-34(37)32-9-6-16-41-39(32)44)22-38(31)43(36)30-18-26(3)17-28(21-30)40-42-35(23-45-40)27-7-4-5-8-27;/h6,9-20,27,35H,4-5,7-8,23H2,1-3H3;/q-2;+2/t35-;/m0./s1. The summed E-state index contributed by atoms with van der Waals surface area (Å²) < 4.78 is 10.8. The molecule has 3 aromatic heterocycles. The topological polar surface area (TPSA) is 44.3 Å². The molecule has 0 saturated heterocycles. The Bertz CT molecular complexity index is 2340. The van der Waals surface area contributed by atoms with Crippen molar-refractivity contribution < 1.29 is 25.8 Å². The van der Waals surface area contributed by atoms with Crippen molar-refractivity contribution in [3.05, 3.63) is 113 Å². The zero-order valence-electron chi connectivity index (χ0n) is 26.2. The van der Waals surface area contributed by atoms with Gasteiger partial charge in [-0.3, -0.25) is 4.99 Å². The van der Waals surface area contributed by atoms with Gasteiger partial charge in [-0.05, 0) is 74.0 Å². The van der Waals surface area contributed by atoms with Crippen molar-refractivity contribution >= 4 is 49.6 Å². The minimum absolute atomic E-state index is 0. The molecule has 1 saturated carbocycles. The third-order valence-corrected chi connectivity index (χ3v) is 9.83. The fourth-order valence-electron chi connectivity index (χ4n) is 7.68. The summed E-state index contributed by atoms with van der Waals surface area (Å²) in [5.74, 6) is 1.37. The molecule has 0 N–H and O–H groups in total. The van der Waals surface area contributed by atoms with Crippen LogP contribution in [0.4, 0.5) is 0 Å². The second kappa shape index (κ2) is 11.2. The molecule has 1 fully saturated rings. The number of hydrogen-bond donors (Lipinski definition) is 0. The second-order valence-electron chi connectivity index (χ2n) is 13.0. The maximum atomic E-state index is 6.23. The maximum Gasteiger partial charge on any atom is 2.00 e. The molecule has 1 aliphatic carbocycles. The van der Waals surface area contributed by atoms with Gasteiger partial charge in [-0.2, -0.15) is 6.07 Å². The minimum atomic E-state index is 0. The number of benzene rings is 4. The normalized spacial score (nSPS) is 16.8. The van der Waals surface area contributed by atoms with Crippen LogP contribution in [0.5, 0.6) is 0 Å².